The van der Waals surface area contributed by atoms with Crippen molar-refractivity contribution in [2.75, 3.05) is 23.5 Å². The van der Waals surface area contributed by atoms with Crippen molar-refractivity contribution < 1.29 is 14.3 Å². The fourth-order valence-corrected chi connectivity index (χ4v) is 2.80. The lowest BCUT2D eigenvalue weighted by atomic mass is 10.2. The van der Waals surface area contributed by atoms with Crippen LogP contribution in [0.5, 0.6) is 5.88 Å². The molecule has 0 aliphatic rings. The van der Waals surface area contributed by atoms with Crippen molar-refractivity contribution in [2.45, 2.75) is 5.16 Å². The summed E-state index contributed by atoms with van der Waals surface area (Å²) in [7, 11) is 3.22. The molecule has 3 aromatic rings. The van der Waals surface area contributed by atoms with Crippen molar-refractivity contribution >= 4 is 35.0 Å². The van der Waals surface area contributed by atoms with Gasteiger partial charge in [0.15, 0.2) is 0 Å². The van der Waals surface area contributed by atoms with Crippen LogP contribution in [0.15, 0.2) is 47.8 Å². The molecule has 0 atom stereocenters. The third kappa shape index (κ3) is 5.04. The number of nitrogens with one attached hydrogen (secondary N) is 2. The minimum atomic E-state index is -0.282. The van der Waals surface area contributed by atoms with E-state index in [1.165, 1.54) is 29.8 Å². The third-order valence-corrected chi connectivity index (χ3v) is 4.56. The van der Waals surface area contributed by atoms with Crippen LogP contribution in [0.2, 0.25) is 0 Å². The van der Waals surface area contributed by atoms with Gasteiger partial charge in [0.05, 0.1) is 24.7 Å². The molecule has 0 aliphatic carbocycles. The second kappa shape index (κ2) is 8.95. The van der Waals surface area contributed by atoms with Crippen LogP contribution in [0.3, 0.4) is 0 Å². The van der Waals surface area contributed by atoms with E-state index >= 15 is 0 Å². The maximum Gasteiger partial charge on any atom is 0.255 e. The Kier molecular flexibility index (Phi) is 6.17. The number of anilines is 2. The van der Waals surface area contributed by atoms with Gasteiger partial charge in [0.2, 0.25) is 16.9 Å². The topological polar surface area (TPSA) is 124 Å². The van der Waals surface area contributed by atoms with Gasteiger partial charge in [0.25, 0.3) is 5.91 Å². The Morgan fingerprint density at radius 1 is 1.11 bits per heavy atom. The van der Waals surface area contributed by atoms with E-state index < -0.39 is 0 Å². The molecule has 2 heterocycles. The van der Waals surface area contributed by atoms with Crippen LogP contribution < -0.4 is 15.4 Å². The zero-order valence-corrected chi connectivity index (χ0v) is 15.9. The maximum absolute atomic E-state index is 12.3. The Morgan fingerprint density at radius 2 is 1.86 bits per heavy atom. The number of nitrogens with zero attached hydrogens (tertiary/aromatic N) is 5. The smallest absolute Gasteiger partial charge is 0.255 e. The van der Waals surface area contributed by atoms with Crippen LogP contribution in [0.25, 0.3) is 0 Å². The Bertz CT molecular complexity index is 958. The molecular weight excluding hydrogens is 382 g/mol. The number of carbonyl (C=O) groups is 2. The van der Waals surface area contributed by atoms with Gasteiger partial charge in [-0.05, 0) is 40.8 Å². The van der Waals surface area contributed by atoms with Gasteiger partial charge in [-0.3, -0.25) is 9.59 Å². The molecule has 2 aromatic heterocycles. The molecule has 0 bridgehead atoms. The van der Waals surface area contributed by atoms with Crippen LogP contribution in [-0.4, -0.2) is 49.9 Å². The summed E-state index contributed by atoms with van der Waals surface area (Å²) in [6, 6.07) is 9.93. The zero-order chi connectivity index (χ0) is 19.9. The minimum Gasteiger partial charge on any atom is -0.481 e. The van der Waals surface area contributed by atoms with E-state index in [0.717, 1.165) is 0 Å². The molecule has 144 valence electrons. The van der Waals surface area contributed by atoms with E-state index in [9.17, 15) is 9.59 Å². The number of rotatable bonds is 7. The number of carbonyl (C=O) groups excluding carboxylic acids is 2. The van der Waals surface area contributed by atoms with Gasteiger partial charge in [0.1, 0.15) is 0 Å². The van der Waals surface area contributed by atoms with Crippen molar-refractivity contribution in [1.29, 1.82) is 0 Å². The standard InChI is InChI=1S/C17H17N7O3S/c1-24-17(21-22-23-24)28-10-14(25)19-12-5-3-11(4-6-12)16(26)20-13-7-8-15(27-2)18-9-13/h3-9H,10H2,1-2H3,(H,19,25)(H,20,26). The fraction of sp³-hybridized carbons (Fsp3) is 0.176. The average Bonchev–Trinajstić information content (AvgIpc) is 3.12. The maximum atomic E-state index is 12.3. The summed E-state index contributed by atoms with van der Waals surface area (Å²) in [6.45, 7) is 0. The Balaban J connectivity index is 1.52. The molecule has 3 rings (SSSR count). The SMILES string of the molecule is COc1ccc(NC(=O)c2ccc(NC(=O)CSc3nnnn3C)cc2)cn1. The van der Waals surface area contributed by atoms with Gasteiger partial charge in [-0.25, -0.2) is 9.67 Å². The lowest BCUT2D eigenvalue weighted by Gasteiger charge is -2.08. The number of amides is 2. The van der Waals surface area contributed by atoms with Gasteiger partial charge in [0, 0.05) is 24.4 Å². The summed E-state index contributed by atoms with van der Waals surface area (Å²) in [6.07, 6.45) is 1.51. The number of aromatic nitrogens is 5. The first-order chi connectivity index (χ1) is 13.5. The number of pyridine rings is 1. The number of benzene rings is 1. The molecule has 0 fully saturated rings. The lowest BCUT2D eigenvalue weighted by Crippen LogP contribution is -2.15. The van der Waals surface area contributed by atoms with Gasteiger partial charge in [-0.1, -0.05) is 11.8 Å². The molecule has 10 nitrogen and oxygen atoms in total. The number of hydrogen-bond donors (Lipinski definition) is 2. The normalized spacial score (nSPS) is 10.4. The van der Waals surface area contributed by atoms with E-state index in [2.05, 4.69) is 31.1 Å². The lowest BCUT2D eigenvalue weighted by molar-refractivity contribution is -0.113. The molecule has 2 amide bonds. The van der Waals surface area contributed by atoms with E-state index in [0.29, 0.717) is 28.0 Å². The predicted octanol–water partition coefficient (Wildman–Crippen LogP) is 1.60. The summed E-state index contributed by atoms with van der Waals surface area (Å²) in [4.78, 5) is 28.3. The zero-order valence-electron chi connectivity index (χ0n) is 15.1. The summed E-state index contributed by atoms with van der Waals surface area (Å²) in [5, 5.41) is 17.1. The molecule has 0 spiro atoms. The first kappa shape index (κ1) is 19.3. The highest BCUT2D eigenvalue weighted by Crippen LogP contribution is 2.16. The highest BCUT2D eigenvalue weighted by atomic mass is 32.2. The predicted molar refractivity (Wildman–Crippen MR) is 103 cm³/mol. The average molecular weight is 399 g/mol. The molecule has 0 unspecified atom stereocenters. The van der Waals surface area contributed by atoms with Crippen LogP contribution in [-0.2, 0) is 11.8 Å². The molecule has 11 heteroatoms. The van der Waals surface area contributed by atoms with Gasteiger partial charge in [-0.15, -0.1) is 5.10 Å². The molecule has 0 aliphatic heterocycles. The number of hydrogen-bond acceptors (Lipinski definition) is 8. The number of thioether (sulfide) groups is 1. The molecular formula is C17H17N7O3S. The number of aryl methyl sites for hydroxylation is 1. The van der Waals surface area contributed by atoms with Crippen molar-refractivity contribution in [3.63, 3.8) is 0 Å². The summed E-state index contributed by atoms with van der Waals surface area (Å²) in [5.74, 6) is 0.150. The van der Waals surface area contributed by atoms with Gasteiger partial charge < -0.3 is 15.4 Å². The first-order valence-corrected chi connectivity index (χ1v) is 9.10. The summed E-state index contributed by atoms with van der Waals surface area (Å²) in [5.41, 5.74) is 1.59. The van der Waals surface area contributed by atoms with Crippen molar-refractivity contribution in [3.8, 4) is 5.88 Å². The second-order valence-electron chi connectivity index (χ2n) is 5.54. The van der Waals surface area contributed by atoms with Crippen molar-refractivity contribution in [2.24, 2.45) is 7.05 Å². The van der Waals surface area contributed by atoms with E-state index in [4.69, 9.17) is 4.74 Å². The number of methoxy groups -OCH3 is 1. The highest BCUT2D eigenvalue weighted by Gasteiger charge is 2.10. The van der Waals surface area contributed by atoms with E-state index in [1.54, 1.807) is 43.4 Å². The second-order valence-corrected chi connectivity index (χ2v) is 6.49. The van der Waals surface area contributed by atoms with Crippen LogP contribution >= 0.6 is 11.8 Å². The fourth-order valence-electron chi connectivity index (χ4n) is 2.15. The van der Waals surface area contributed by atoms with Gasteiger partial charge >= 0.3 is 0 Å². The first-order valence-electron chi connectivity index (χ1n) is 8.11. The van der Waals surface area contributed by atoms with Crippen molar-refractivity contribution in [1.82, 2.24) is 25.2 Å². The largest absolute Gasteiger partial charge is 0.481 e. The van der Waals surface area contributed by atoms with Crippen LogP contribution in [0.1, 0.15) is 10.4 Å². The van der Waals surface area contributed by atoms with Crippen LogP contribution in [0, 0.1) is 0 Å². The summed E-state index contributed by atoms with van der Waals surface area (Å²) < 4.78 is 6.47. The van der Waals surface area contributed by atoms with E-state index in [-0.39, 0.29) is 17.6 Å². The minimum absolute atomic E-state index is 0.168. The van der Waals surface area contributed by atoms with E-state index in [1.807, 2.05) is 0 Å². The highest BCUT2D eigenvalue weighted by molar-refractivity contribution is 7.99. The molecule has 0 saturated heterocycles. The molecule has 0 saturated carbocycles. The molecule has 2 N–H and O–H groups in total. The Morgan fingerprint density at radius 3 is 2.46 bits per heavy atom. The molecule has 28 heavy (non-hydrogen) atoms. The molecule has 1 aromatic carbocycles. The number of tetrazole rings is 1. The van der Waals surface area contributed by atoms with Crippen LogP contribution in [0.4, 0.5) is 11.4 Å². The number of ether oxygens (including phenoxy) is 1. The Labute approximate surface area is 164 Å². The monoisotopic (exact) mass is 399 g/mol. The van der Waals surface area contributed by atoms with Gasteiger partial charge in [-0.2, -0.15) is 0 Å². The third-order valence-electron chi connectivity index (χ3n) is 3.55. The van der Waals surface area contributed by atoms with Crippen molar-refractivity contribution in [3.05, 3.63) is 48.2 Å². The quantitative estimate of drug-likeness (QED) is 0.574. The Hall–Kier alpha value is -3.47. The summed E-state index contributed by atoms with van der Waals surface area (Å²) >= 11 is 1.23. The molecule has 0 radical (unpaired) electrons.